The van der Waals surface area contributed by atoms with Crippen molar-refractivity contribution in [2.75, 3.05) is 12.4 Å². The van der Waals surface area contributed by atoms with E-state index in [2.05, 4.69) is 35.2 Å². The molecule has 4 heterocycles. The Morgan fingerprint density at radius 1 is 0.973 bits per heavy atom. The second-order valence-electron chi connectivity index (χ2n) is 8.46. The van der Waals surface area contributed by atoms with Gasteiger partial charge in [0.2, 0.25) is 0 Å². The van der Waals surface area contributed by atoms with Crippen LogP contribution in [-0.4, -0.2) is 41.6 Å². The first-order valence-corrected chi connectivity index (χ1v) is 11.6. The third kappa shape index (κ3) is 3.94. The van der Waals surface area contributed by atoms with Crippen molar-refractivity contribution in [3.05, 3.63) is 95.7 Å². The Balaban J connectivity index is 1.55. The highest BCUT2D eigenvalue weighted by molar-refractivity contribution is 5.96. The van der Waals surface area contributed by atoms with Gasteiger partial charge < -0.3 is 15.0 Å². The normalized spacial score (nSPS) is 12.1. The highest BCUT2D eigenvalue weighted by Gasteiger charge is 2.20. The van der Waals surface area contributed by atoms with Crippen LogP contribution in [-0.2, 0) is 0 Å². The second-order valence-corrected chi connectivity index (χ2v) is 8.46. The minimum absolute atomic E-state index is 0.147. The van der Waals surface area contributed by atoms with Crippen molar-refractivity contribution in [2.24, 2.45) is 0 Å². The molecule has 0 bridgehead atoms. The van der Waals surface area contributed by atoms with E-state index >= 15 is 0 Å². The number of H-pyrrole nitrogens is 1. The Morgan fingerprint density at radius 2 is 1.78 bits per heavy atom. The van der Waals surface area contributed by atoms with Crippen LogP contribution in [0.5, 0.6) is 6.01 Å². The van der Waals surface area contributed by atoms with E-state index < -0.39 is 0 Å². The summed E-state index contributed by atoms with van der Waals surface area (Å²) in [6.45, 7) is 1.99. The number of pyridine rings is 1. The molecule has 0 aliphatic heterocycles. The molecule has 0 amide bonds. The van der Waals surface area contributed by atoms with Gasteiger partial charge in [0.25, 0.3) is 5.56 Å². The molecule has 0 unspecified atom stereocenters. The smallest absolute Gasteiger partial charge is 0.316 e. The summed E-state index contributed by atoms with van der Waals surface area (Å²) in [5.74, 6) is 0.579. The number of para-hydroxylation sites is 1. The quantitative estimate of drug-likeness (QED) is 0.354. The monoisotopic (exact) mass is 490 g/mol. The molecule has 1 atom stereocenters. The van der Waals surface area contributed by atoms with Crippen molar-refractivity contribution < 1.29 is 4.74 Å². The molecule has 0 spiro atoms. The molecule has 182 valence electrons. The molecule has 2 N–H and O–H groups in total. The lowest BCUT2D eigenvalue weighted by Gasteiger charge is -2.22. The average molecular weight is 491 g/mol. The largest absolute Gasteiger partial charge is 0.467 e. The number of aromatic amines is 1. The van der Waals surface area contributed by atoms with Gasteiger partial charge in [-0.05, 0) is 36.1 Å². The zero-order chi connectivity index (χ0) is 25.4. The topological polar surface area (TPSA) is 123 Å². The van der Waals surface area contributed by atoms with E-state index in [0.29, 0.717) is 22.4 Å². The molecule has 6 rings (SSSR count). The first-order chi connectivity index (χ1) is 18.1. The van der Waals surface area contributed by atoms with Crippen molar-refractivity contribution in [3.8, 4) is 22.8 Å². The second kappa shape index (κ2) is 9.15. The minimum atomic E-state index is -0.292. The molecular formula is C27H22N8O2. The van der Waals surface area contributed by atoms with Gasteiger partial charge in [0.1, 0.15) is 11.8 Å². The molecule has 6 aromatic rings. The molecule has 0 saturated carbocycles. The van der Waals surface area contributed by atoms with Crippen molar-refractivity contribution >= 4 is 27.8 Å². The SMILES string of the molecule is COc1ncc(-c2cccc3cc([C@H](C)Nc4ncnc5[nH]cnc45)n(-c4ccccc4)c(=O)c23)cn1. The van der Waals surface area contributed by atoms with Crippen molar-refractivity contribution in [1.29, 1.82) is 0 Å². The zero-order valence-electron chi connectivity index (χ0n) is 20.1. The molecule has 10 heteroatoms. The highest BCUT2D eigenvalue weighted by Crippen LogP contribution is 2.30. The molecule has 0 radical (unpaired) electrons. The Morgan fingerprint density at radius 3 is 2.57 bits per heavy atom. The predicted molar refractivity (Wildman–Crippen MR) is 141 cm³/mol. The van der Waals surface area contributed by atoms with Crippen LogP contribution >= 0.6 is 0 Å². The van der Waals surface area contributed by atoms with Crippen LogP contribution in [0.15, 0.2) is 84.4 Å². The van der Waals surface area contributed by atoms with Crippen LogP contribution in [0.2, 0.25) is 0 Å². The van der Waals surface area contributed by atoms with Gasteiger partial charge in [0.05, 0.1) is 24.9 Å². The number of fused-ring (bicyclic) bond motifs is 2. The van der Waals surface area contributed by atoms with Crippen LogP contribution < -0.4 is 15.6 Å². The third-order valence-corrected chi connectivity index (χ3v) is 6.23. The van der Waals surface area contributed by atoms with Crippen molar-refractivity contribution in [3.63, 3.8) is 0 Å². The number of imidazole rings is 1. The van der Waals surface area contributed by atoms with Gasteiger partial charge in [-0.25, -0.2) is 24.9 Å². The van der Waals surface area contributed by atoms with Crippen LogP contribution in [0, 0.1) is 0 Å². The number of ether oxygens (including phenoxy) is 1. The lowest BCUT2D eigenvalue weighted by molar-refractivity contribution is 0.380. The van der Waals surface area contributed by atoms with Gasteiger partial charge in [-0.2, -0.15) is 0 Å². The molecule has 2 aromatic carbocycles. The molecule has 0 saturated heterocycles. The molecular weight excluding hydrogens is 468 g/mol. The van der Waals surface area contributed by atoms with Gasteiger partial charge in [-0.1, -0.05) is 36.4 Å². The van der Waals surface area contributed by atoms with E-state index in [1.54, 1.807) is 23.3 Å². The molecule has 4 aromatic heterocycles. The maximum absolute atomic E-state index is 14.2. The average Bonchev–Trinajstić information content (AvgIpc) is 3.43. The first-order valence-electron chi connectivity index (χ1n) is 11.6. The number of methoxy groups -OCH3 is 1. The minimum Gasteiger partial charge on any atom is -0.467 e. The van der Waals surface area contributed by atoms with Gasteiger partial charge in [0, 0.05) is 29.3 Å². The van der Waals surface area contributed by atoms with Crippen LogP contribution in [0.4, 0.5) is 5.82 Å². The summed E-state index contributed by atoms with van der Waals surface area (Å²) >= 11 is 0. The number of benzene rings is 2. The maximum Gasteiger partial charge on any atom is 0.316 e. The summed E-state index contributed by atoms with van der Waals surface area (Å²) in [5.41, 5.74) is 4.12. The molecule has 10 nitrogen and oxygen atoms in total. The predicted octanol–water partition coefficient (Wildman–Crippen LogP) is 4.30. The van der Waals surface area contributed by atoms with E-state index in [-0.39, 0.29) is 17.6 Å². The summed E-state index contributed by atoms with van der Waals surface area (Å²) in [6, 6.07) is 17.3. The fourth-order valence-electron chi connectivity index (χ4n) is 4.49. The number of aromatic nitrogens is 7. The van der Waals surface area contributed by atoms with E-state index in [4.69, 9.17) is 4.74 Å². The number of nitrogens with one attached hydrogen (secondary N) is 2. The van der Waals surface area contributed by atoms with E-state index in [9.17, 15) is 4.79 Å². The van der Waals surface area contributed by atoms with Gasteiger partial charge in [-0.3, -0.25) is 9.36 Å². The van der Waals surface area contributed by atoms with Gasteiger partial charge in [0.15, 0.2) is 11.5 Å². The fraction of sp³-hybridized carbons (Fsp3) is 0.111. The summed E-state index contributed by atoms with van der Waals surface area (Å²) in [6.07, 6.45) is 6.38. The Kier molecular flexibility index (Phi) is 5.53. The molecule has 0 fully saturated rings. The Bertz CT molecular complexity index is 1780. The lowest BCUT2D eigenvalue weighted by Crippen LogP contribution is -2.26. The molecule has 37 heavy (non-hydrogen) atoms. The van der Waals surface area contributed by atoms with E-state index in [1.165, 1.54) is 13.4 Å². The fourth-order valence-corrected chi connectivity index (χ4v) is 4.49. The van der Waals surface area contributed by atoms with Crippen LogP contribution in [0.25, 0.3) is 38.8 Å². The lowest BCUT2D eigenvalue weighted by atomic mass is 9.99. The Hall–Kier alpha value is -5.12. The Labute approximate surface area is 211 Å². The first kappa shape index (κ1) is 22.4. The summed E-state index contributed by atoms with van der Waals surface area (Å²) in [5, 5.41) is 4.80. The van der Waals surface area contributed by atoms with E-state index in [0.717, 1.165) is 27.9 Å². The zero-order valence-corrected chi connectivity index (χ0v) is 20.1. The number of anilines is 1. The molecule has 0 aliphatic rings. The number of rotatable bonds is 6. The summed E-state index contributed by atoms with van der Waals surface area (Å²) in [4.78, 5) is 38.6. The number of hydrogen-bond donors (Lipinski definition) is 2. The third-order valence-electron chi connectivity index (χ3n) is 6.23. The highest BCUT2D eigenvalue weighted by atomic mass is 16.5. The molecule has 0 aliphatic carbocycles. The summed E-state index contributed by atoms with van der Waals surface area (Å²) in [7, 11) is 1.51. The van der Waals surface area contributed by atoms with Gasteiger partial charge in [-0.15, -0.1) is 0 Å². The number of hydrogen-bond acceptors (Lipinski definition) is 8. The van der Waals surface area contributed by atoms with Gasteiger partial charge >= 0.3 is 6.01 Å². The van der Waals surface area contributed by atoms with Crippen LogP contribution in [0.1, 0.15) is 18.7 Å². The number of nitrogens with zero attached hydrogens (tertiary/aromatic N) is 6. The van der Waals surface area contributed by atoms with Crippen molar-refractivity contribution in [2.45, 2.75) is 13.0 Å². The summed E-state index contributed by atoms with van der Waals surface area (Å²) < 4.78 is 6.83. The van der Waals surface area contributed by atoms with E-state index in [1.807, 2.05) is 61.5 Å². The standard InChI is InChI=1S/C27H22N8O2/c1-16(34-25-23-24(31-14-30-23)32-15-33-25)21-11-17-7-6-10-20(18-12-28-27(37-2)29-13-18)22(17)26(36)35(21)19-8-4-3-5-9-19/h3-16H,1-2H3,(H2,30,31,32,33,34)/t16-/m0/s1. The van der Waals surface area contributed by atoms with Crippen LogP contribution in [0.3, 0.4) is 0 Å². The maximum atomic E-state index is 14.2. The van der Waals surface area contributed by atoms with Crippen molar-refractivity contribution in [1.82, 2.24) is 34.5 Å².